The van der Waals surface area contributed by atoms with Gasteiger partial charge in [-0.15, -0.1) is 0 Å². The lowest BCUT2D eigenvalue weighted by atomic mass is 10.1. The second-order valence-corrected chi connectivity index (χ2v) is 4.55. The molecule has 0 heterocycles. The molecule has 0 saturated heterocycles. The van der Waals surface area contributed by atoms with Gasteiger partial charge in [0.1, 0.15) is 0 Å². The summed E-state index contributed by atoms with van der Waals surface area (Å²) in [5, 5.41) is 0. The van der Waals surface area contributed by atoms with Gasteiger partial charge in [0.05, 0.1) is 0 Å². The minimum absolute atomic E-state index is 0.801. The maximum absolute atomic E-state index is 4.40. The van der Waals surface area contributed by atoms with Crippen LogP contribution in [-0.2, 0) is 0 Å². The summed E-state index contributed by atoms with van der Waals surface area (Å²) in [7, 11) is 0. The fourth-order valence-corrected chi connectivity index (χ4v) is 2.17. The summed E-state index contributed by atoms with van der Waals surface area (Å²) in [5.74, 6) is 1.85. The average Bonchev–Trinajstić information content (AvgIpc) is 2.95. The van der Waals surface area contributed by atoms with Gasteiger partial charge in [0.15, 0.2) is 0 Å². The summed E-state index contributed by atoms with van der Waals surface area (Å²) >= 11 is 4.40. The van der Waals surface area contributed by atoms with Gasteiger partial charge in [0.25, 0.3) is 0 Å². The Labute approximate surface area is 88.3 Å². The van der Waals surface area contributed by atoms with E-state index >= 15 is 0 Å². The molecular formula is C11H23NS. The predicted octanol–water partition coefficient (Wildman–Crippen LogP) is 2.82. The standard InChI is InChI=1S/C11H23NS/c1-3-7-12(11-5-6-11)8-10(4-2)9-13/h10-11,13H,3-9H2,1-2H3. The third-order valence-electron chi connectivity index (χ3n) is 2.90. The van der Waals surface area contributed by atoms with Crippen LogP contribution >= 0.6 is 12.6 Å². The lowest BCUT2D eigenvalue weighted by molar-refractivity contribution is 0.227. The third-order valence-corrected chi connectivity index (χ3v) is 3.42. The van der Waals surface area contributed by atoms with Gasteiger partial charge >= 0.3 is 0 Å². The van der Waals surface area contributed by atoms with Crippen LogP contribution in [0.3, 0.4) is 0 Å². The average molecular weight is 201 g/mol. The lowest BCUT2D eigenvalue weighted by Gasteiger charge is -2.25. The van der Waals surface area contributed by atoms with Crippen LogP contribution in [0.4, 0.5) is 0 Å². The number of thiol groups is 1. The van der Waals surface area contributed by atoms with Crippen molar-refractivity contribution in [2.24, 2.45) is 5.92 Å². The van der Waals surface area contributed by atoms with Crippen LogP contribution in [0.5, 0.6) is 0 Å². The molecule has 1 atom stereocenters. The van der Waals surface area contributed by atoms with Crippen LogP contribution in [0, 0.1) is 5.92 Å². The maximum atomic E-state index is 4.40. The topological polar surface area (TPSA) is 3.24 Å². The van der Waals surface area contributed by atoms with E-state index in [1.54, 1.807) is 0 Å². The Morgan fingerprint density at radius 2 is 2.08 bits per heavy atom. The molecule has 1 fully saturated rings. The van der Waals surface area contributed by atoms with E-state index < -0.39 is 0 Å². The van der Waals surface area contributed by atoms with Crippen molar-refractivity contribution in [1.29, 1.82) is 0 Å². The van der Waals surface area contributed by atoms with Crippen molar-refractivity contribution >= 4 is 12.6 Å². The van der Waals surface area contributed by atoms with Crippen molar-refractivity contribution in [3.8, 4) is 0 Å². The SMILES string of the molecule is CCCN(CC(CC)CS)C1CC1. The Kier molecular flexibility index (Phi) is 5.18. The van der Waals surface area contributed by atoms with Gasteiger partial charge in [0.2, 0.25) is 0 Å². The molecule has 2 heteroatoms. The Bertz CT molecular complexity index is 130. The van der Waals surface area contributed by atoms with Gasteiger partial charge in [-0.3, -0.25) is 0 Å². The van der Waals surface area contributed by atoms with E-state index in [-0.39, 0.29) is 0 Å². The smallest absolute Gasteiger partial charge is 0.00965 e. The number of hydrogen-bond acceptors (Lipinski definition) is 2. The first-order valence-electron chi connectivity index (χ1n) is 5.66. The van der Waals surface area contributed by atoms with Crippen LogP contribution < -0.4 is 0 Å². The first-order chi connectivity index (χ1) is 6.31. The summed E-state index contributed by atoms with van der Waals surface area (Å²) < 4.78 is 0. The van der Waals surface area contributed by atoms with Crippen LogP contribution in [-0.4, -0.2) is 29.8 Å². The van der Waals surface area contributed by atoms with Crippen molar-refractivity contribution in [1.82, 2.24) is 4.90 Å². The Balaban J connectivity index is 2.27. The summed E-state index contributed by atoms with van der Waals surface area (Å²) in [6.07, 6.45) is 5.43. The number of rotatable bonds is 7. The van der Waals surface area contributed by atoms with Gasteiger partial charge in [-0.05, 0) is 37.5 Å². The molecule has 1 rings (SSSR count). The summed E-state index contributed by atoms with van der Waals surface area (Å²) in [5.41, 5.74) is 0. The van der Waals surface area contributed by atoms with Crippen LogP contribution in [0.1, 0.15) is 39.5 Å². The van der Waals surface area contributed by atoms with Crippen molar-refractivity contribution in [2.45, 2.75) is 45.6 Å². The molecule has 1 aliphatic carbocycles. The highest BCUT2D eigenvalue weighted by Gasteiger charge is 2.29. The third kappa shape index (κ3) is 3.90. The molecule has 1 unspecified atom stereocenters. The van der Waals surface area contributed by atoms with Crippen molar-refractivity contribution in [3.05, 3.63) is 0 Å². The van der Waals surface area contributed by atoms with Gasteiger partial charge in [-0.2, -0.15) is 12.6 Å². The maximum Gasteiger partial charge on any atom is 0.00965 e. The fourth-order valence-electron chi connectivity index (χ4n) is 1.80. The van der Waals surface area contributed by atoms with Crippen molar-refractivity contribution < 1.29 is 0 Å². The van der Waals surface area contributed by atoms with Gasteiger partial charge < -0.3 is 4.90 Å². The fraction of sp³-hybridized carbons (Fsp3) is 1.00. The molecule has 1 aliphatic rings. The largest absolute Gasteiger partial charge is 0.300 e. The molecule has 0 radical (unpaired) electrons. The van der Waals surface area contributed by atoms with E-state index in [0.717, 1.165) is 17.7 Å². The van der Waals surface area contributed by atoms with E-state index in [2.05, 4.69) is 31.4 Å². The van der Waals surface area contributed by atoms with Gasteiger partial charge in [0, 0.05) is 12.6 Å². The first-order valence-corrected chi connectivity index (χ1v) is 6.29. The van der Waals surface area contributed by atoms with Gasteiger partial charge in [-0.25, -0.2) is 0 Å². The monoisotopic (exact) mass is 201 g/mol. The molecule has 0 aromatic rings. The Morgan fingerprint density at radius 1 is 1.38 bits per heavy atom. The molecule has 78 valence electrons. The highest BCUT2D eigenvalue weighted by atomic mass is 32.1. The zero-order valence-corrected chi connectivity index (χ0v) is 9.89. The van der Waals surface area contributed by atoms with E-state index in [9.17, 15) is 0 Å². The molecule has 13 heavy (non-hydrogen) atoms. The van der Waals surface area contributed by atoms with E-state index in [1.165, 1.54) is 38.8 Å². The highest BCUT2D eigenvalue weighted by Crippen LogP contribution is 2.28. The van der Waals surface area contributed by atoms with Crippen molar-refractivity contribution in [2.75, 3.05) is 18.8 Å². The zero-order valence-electron chi connectivity index (χ0n) is 9.00. The zero-order chi connectivity index (χ0) is 9.68. The quantitative estimate of drug-likeness (QED) is 0.620. The van der Waals surface area contributed by atoms with E-state index in [4.69, 9.17) is 0 Å². The van der Waals surface area contributed by atoms with Crippen LogP contribution in [0.15, 0.2) is 0 Å². The number of nitrogens with zero attached hydrogens (tertiary/aromatic N) is 1. The molecule has 0 N–H and O–H groups in total. The predicted molar refractivity (Wildman–Crippen MR) is 62.5 cm³/mol. The normalized spacial score (nSPS) is 19.4. The minimum atomic E-state index is 0.801. The van der Waals surface area contributed by atoms with E-state index in [0.29, 0.717) is 0 Å². The van der Waals surface area contributed by atoms with Gasteiger partial charge in [-0.1, -0.05) is 20.3 Å². The molecule has 0 aliphatic heterocycles. The van der Waals surface area contributed by atoms with Crippen LogP contribution in [0.2, 0.25) is 0 Å². The molecule has 0 bridgehead atoms. The molecule has 0 spiro atoms. The molecule has 0 aromatic carbocycles. The summed E-state index contributed by atoms with van der Waals surface area (Å²) in [6.45, 7) is 7.11. The Morgan fingerprint density at radius 3 is 2.46 bits per heavy atom. The number of hydrogen-bond donors (Lipinski definition) is 1. The van der Waals surface area contributed by atoms with E-state index in [1.807, 2.05) is 0 Å². The second kappa shape index (κ2) is 5.92. The molecular weight excluding hydrogens is 178 g/mol. The molecule has 1 nitrogen and oxygen atoms in total. The molecule has 1 saturated carbocycles. The van der Waals surface area contributed by atoms with Crippen molar-refractivity contribution in [3.63, 3.8) is 0 Å². The Hall–Kier alpha value is 0.310. The molecule has 0 aromatic heterocycles. The molecule has 0 amide bonds. The summed E-state index contributed by atoms with van der Waals surface area (Å²) in [6, 6.07) is 0.925. The van der Waals surface area contributed by atoms with Crippen LogP contribution in [0.25, 0.3) is 0 Å². The highest BCUT2D eigenvalue weighted by molar-refractivity contribution is 7.80. The first kappa shape index (κ1) is 11.4. The second-order valence-electron chi connectivity index (χ2n) is 4.18. The summed E-state index contributed by atoms with van der Waals surface area (Å²) in [4.78, 5) is 2.67. The lowest BCUT2D eigenvalue weighted by Crippen LogP contribution is -2.32. The minimum Gasteiger partial charge on any atom is -0.300 e.